The summed E-state index contributed by atoms with van der Waals surface area (Å²) in [6, 6.07) is 0. The van der Waals surface area contributed by atoms with Gasteiger partial charge in [-0.05, 0) is 26.4 Å². The Morgan fingerprint density at radius 3 is 3.00 bits per heavy atom. The average Bonchev–Trinajstić information content (AvgIpc) is 2.05. The minimum Gasteiger partial charge on any atom is -0.305 e. The van der Waals surface area contributed by atoms with Crippen LogP contribution in [0.4, 0.5) is 0 Å². The van der Waals surface area contributed by atoms with Crippen molar-refractivity contribution in [2.75, 3.05) is 20.1 Å². The van der Waals surface area contributed by atoms with Gasteiger partial charge in [-0.25, -0.2) is 0 Å². The topological polar surface area (TPSA) is 79.6 Å². The number of hydrogen-bond donors (Lipinski definition) is 2. The molecule has 0 amide bonds. The van der Waals surface area contributed by atoms with E-state index in [1.165, 1.54) is 6.42 Å². The first kappa shape index (κ1) is 9.12. The summed E-state index contributed by atoms with van der Waals surface area (Å²) in [4.78, 5) is 2.24. The molecule has 1 saturated heterocycles. The summed E-state index contributed by atoms with van der Waals surface area (Å²) >= 11 is 0. The lowest BCUT2D eigenvalue weighted by atomic mass is 9.98. The third kappa shape index (κ3) is 2.27. The van der Waals surface area contributed by atoms with Gasteiger partial charge in [-0.3, -0.25) is 11.3 Å². The highest BCUT2D eigenvalue weighted by atomic mass is 15.3. The zero-order valence-electron chi connectivity index (χ0n) is 7.40. The van der Waals surface area contributed by atoms with Crippen LogP contribution in [-0.2, 0) is 0 Å². The molecule has 0 radical (unpaired) electrons. The highest BCUT2D eigenvalue weighted by molar-refractivity contribution is 5.79. The number of likely N-dealkylation sites (tertiary alicyclic amines) is 1. The molecule has 0 aromatic heterocycles. The second kappa shape index (κ2) is 4.15. The second-order valence-electron chi connectivity index (χ2n) is 3.24. The van der Waals surface area contributed by atoms with E-state index in [4.69, 9.17) is 11.3 Å². The summed E-state index contributed by atoms with van der Waals surface area (Å²) in [5, 5.41) is 12.5. The van der Waals surface area contributed by atoms with E-state index in [-0.39, 0.29) is 0 Å². The van der Waals surface area contributed by atoms with Crippen molar-refractivity contribution in [3.8, 4) is 0 Å². The van der Waals surface area contributed by atoms with Crippen LogP contribution in [0.5, 0.6) is 0 Å². The van der Waals surface area contributed by atoms with Gasteiger partial charge in [-0.15, -0.1) is 0 Å². The Morgan fingerprint density at radius 2 is 2.42 bits per heavy atom. The lowest BCUT2D eigenvalue weighted by Gasteiger charge is -2.25. The van der Waals surface area contributed by atoms with E-state index in [9.17, 15) is 0 Å². The fraction of sp³-hybridized carbons (Fsp3) is 0.857. The summed E-state index contributed by atoms with van der Waals surface area (Å²) in [6.45, 7) is 2.11. The van der Waals surface area contributed by atoms with Crippen molar-refractivity contribution < 1.29 is 5.41 Å². The summed E-state index contributed by atoms with van der Waals surface area (Å²) in [5.74, 6) is 5.80. The van der Waals surface area contributed by atoms with Gasteiger partial charge in [0, 0.05) is 11.8 Å². The fourth-order valence-electron chi connectivity index (χ4n) is 1.56. The van der Waals surface area contributed by atoms with Crippen LogP contribution in [-0.4, -0.2) is 30.9 Å². The minimum absolute atomic E-state index is 0.330. The first-order valence-corrected chi connectivity index (χ1v) is 4.16. The number of rotatable bonds is 1. The monoisotopic (exact) mass is 170 g/mol. The Labute approximate surface area is 72.1 Å². The maximum atomic E-state index is 5.67. The summed E-state index contributed by atoms with van der Waals surface area (Å²) in [7, 11) is 2.08. The quantitative estimate of drug-likeness (QED) is 0.171. The highest BCUT2D eigenvalue weighted by Gasteiger charge is 2.26. The van der Waals surface area contributed by atoms with E-state index in [1.807, 2.05) is 0 Å². The Hall–Kier alpha value is -0.970. The zero-order valence-corrected chi connectivity index (χ0v) is 7.40. The smallest absolute Gasteiger partial charge is 0.305 e. The summed E-state index contributed by atoms with van der Waals surface area (Å²) in [5.41, 5.74) is 0. The Morgan fingerprint density at radius 1 is 1.67 bits per heavy atom. The predicted molar refractivity (Wildman–Crippen MR) is 46.2 cm³/mol. The van der Waals surface area contributed by atoms with Crippen molar-refractivity contribution in [1.82, 2.24) is 4.90 Å². The van der Waals surface area contributed by atoms with Crippen LogP contribution in [0.1, 0.15) is 12.8 Å². The van der Waals surface area contributed by atoms with Crippen molar-refractivity contribution >= 4 is 5.84 Å². The highest BCUT2D eigenvalue weighted by Crippen LogP contribution is 2.15. The van der Waals surface area contributed by atoms with Gasteiger partial charge in [0.1, 0.15) is 0 Å². The Bertz CT molecular complexity index is 188. The molecule has 1 aliphatic heterocycles. The molecule has 5 nitrogen and oxygen atoms in total. The third-order valence-corrected chi connectivity index (χ3v) is 2.22. The molecular formula is C7H16N5+. The molecule has 0 aromatic carbocycles. The molecule has 0 saturated carbocycles. The van der Waals surface area contributed by atoms with Crippen LogP contribution in [0, 0.1) is 5.92 Å². The van der Waals surface area contributed by atoms with E-state index in [2.05, 4.69) is 22.3 Å². The molecule has 1 aliphatic rings. The van der Waals surface area contributed by atoms with E-state index >= 15 is 0 Å². The van der Waals surface area contributed by atoms with Crippen molar-refractivity contribution in [2.45, 2.75) is 12.8 Å². The van der Waals surface area contributed by atoms with Gasteiger partial charge >= 0.3 is 5.84 Å². The first-order chi connectivity index (χ1) is 5.74. The van der Waals surface area contributed by atoms with Gasteiger partial charge < -0.3 is 4.90 Å². The Balaban J connectivity index is 2.45. The SMILES string of the molecule is CN1CCCC(C(=[NH2+])N=NN)C1. The molecular weight excluding hydrogens is 154 g/mol. The fourth-order valence-corrected chi connectivity index (χ4v) is 1.56. The van der Waals surface area contributed by atoms with Crippen LogP contribution in [0.15, 0.2) is 10.3 Å². The molecule has 1 unspecified atom stereocenters. The lowest BCUT2D eigenvalue weighted by Crippen LogP contribution is -2.48. The van der Waals surface area contributed by atoms with Crippen LogP contribution in [0.2, 0.25) is 0 Å². The zero-order chi connectivity index (χ0) is 8.97. The predicted octanol–water partition coefficient (Wildman–Crippen LogP) is -1.19. The number of piperidine rings is 1. The minimum atomic E-state index is 0.330. The molecule has 0 aromatic rings. The first-order valence-electron chi connectivity index (χ1n) is 4.16. The van der Waals surface area contributed by atoms with Crippen molar-refractivity contribution in [1.29, 1.82) is 0 Å². The van der Waals surface area contributed by atoms with Gasteiger partial charge in [0.05, 0.1) is 11.0 Å². The van der Waals surface area contributed by atoms with Crippen molar-refractivity contribution in [3.63, 3.8) is 0 Å². The van der Waals surface area contributed by atoms with Gasteiger partial charge in [0.15, 0.2) is 0 Å². The summed E-state index contributed by atoms with van der Waals surface area (Å²) in [6.07, 6.45) is 2.26. The van der Waals surface area contributed by atoms with Crippen molar-refractivity contribution in [2.24, 2.45) is 22.1 Å². The molecule has 1 rings (SSSR count). The molecule has 1 atom stereocenters. The maximum absolute atomic E-state index is 5.67. The van der Waals surface area contributed by atoms with Gasteiger partial charge in [0.25, 0.3) is 0 Å². The van der Waals surface area contributed by atoms with Gasteiger partial charge in [-0.1, -0.05) is 0 Å². The van der Waals surface area contributed by atoms with Crippen LogP contribution in [0.3, 0.4) is 0 Å². The largest absolute Gasteiger partial charge is 0.323 e. The van der Waals surface area contributed by atoms with E-state index < -0.39 is 0 Å². The van der Waals surface area contributed by atoms with Crippen LogP contribution in [0.25, 0.3) is 0 Å². The standard InChI is InChI=1S/C7H15N5/c1-12-4-2-3-6(5-12)7(8)10-11-9/h6H,2-5H2,1H3,(H3,8,9,10)/p+1. The lowest BCUT2D eigenvalue weighted by molar-refractivity contribution is -0.123. The van der Waals surface area contributed by atoms with E-state index in [1.54, 1.807) is 0 Å². The normalized spacial score (nSPS) is 26.2. The number of nitrogens with two attached hydrogens (primary N) is 2. The average molecular weight is 170 g/mol. The molecule has 1 fully saturated rings. The van der Waals surface area contributed by atoms with Crippen molar-refractivity contribution in [3.05, 3.63) is 0 Å². The molecule has 1 heterocycles. The van der Waals surface area contributed by atoms with Crippen LogP contribution < -0.4 is 11.3 Å². The molecule has 5 heteroatoms. The van der Waals surface area contributed by atoms with E-state index in [0.717, 1.165) is 19.5 Å². The number of amidine groups is 1. The van der Waals surface area contributed by atoms with Gasteiger partial charge in [-0.2, -0.15) is 0 Å². The molecule has 0 bridgehead atoms. The summed E-state index contributed by atoms with van der Waals surface area (Å²) < 4.78 is 0. The Kier molecular flexibility index (Phi) is 3.16. The molecule has 0 aliphatic carbocycles. The maximum Gasteiger partial charge on any atom is 0.323 e. The molecule has 12 heavy (non-hydrogen) atoms. The molecule has 68 valence electrons. The third-order valence-electron chi connectivity index (χ3n) is 2.22. The van der Waals surface area contributed by atoms with Gasteiger partial charge in [0.2, 0.25) is 0 Å². The second-order valence-corrected chi connectivity index (χ2v) is 3.24. The molecule has 4 N–H and O–H groups in total. The van der Waals surface area contributed by atoms with E-state index in [0.29, 0.717) is 11.8 Å². The number of hydrogen-bond acceptors (Lipinski definition) is 2. The number of nitrogens with zero attached hydrogens (tertiary/aromatic N) is 3. The molecule has 0 spiro atoms. The van der Waals surface area contributed by atoms with Crippen LogP contribution >= 0.6 is 0 Å².